The van der Waals surface area contributed by atoms with Crippen LogP contribution < -0.4 is 10.2 Å². The summed E-state index contributed by atoms with van der Waals surface area (Å²) in [7, 11) is 0. The van der Waals surface area contributed by atoms with Gasteiger partial charge < -0.3 is 4.74 Å². The van der Waals surface area contributed by atoms with Crippen LogP contribution in [0.3, 0.4) is 0 Å². The molecule has 0 saturated carbocycles. The van der Waals surface area contributed by atoms with E-state index in [2.05, 4.69) is 0 Å². The van der Waals surface area contributed by atoms with E-state index >= 15 is 0 Å². The van der Waals surface area contributed by atoms with Gasteiger partial charge in [0.2, 0.25) is 0 Å². The van der Waals surface area contributed by atoms with E-state index in [9.17, 15) is 4.79 Å². The molecule has 0 fully saturated rings. The van der Waals surface area contributed by atoms with Crippen molar-refractivity contribution in [2.24, 2.45) is 0 Å². The van der Waals surface area contributed by atoms with E-state index in [4.69, 9.17) is 21.5 Å². The number of ether oxygens (including phenoxy) is 1. The quantitative estimate of drug-likeness (QED) is 0.594. The van der Waals surface area contributed by atoms with Crippen LogP contribution in [-0.2, 0) is 4.79 Å². The van der Waals surface area contributed by atoms with Gasteiger partial charge in [-0.3, -0.25) is 10.0 Å². The molecule has 0 aliphatic rings. The highest BCUT2D eigenvalue weighted by Crippen LogP contribution is 2.21. The van der Waals surface area contributed by atoms with Crippen molar-refractivity contribution in [2.45, 2.75) is 6.92 Å². The Bertz CT molecular complexity index is 341. The Balaban J connectivity index is 2.63. The van der Waals surface area contributed by atoms with Gasteiger partial charge in [-0.2, -0.15) is 0 Å². The SMILES string of the molecule is Cc1cc(Cl)ccc1OCC(=O)NO. The minimum absolute atomic E-state index is 0.223. The normalized spacial score (nSPS) is 9.64. The van der Waals surface area contributed by atoms with Gasteiger partial charge >= 0.3 is 0 Å². The molecule has 1 amide bonds. The molecule has 1 rings (SSSR count). The lowest BCUT2D eigenvalue weighted by atomic mass is 10.2. The van der Waals surface area contributed by atoms with Gasteiger partial charge in [-0.05, 0) is 30.7 Å². The summed E-state index contributed by atoms with van der Waals surface area (Å²) in [5.74, 6) is -0.0302. The van der Waals surface area contributed by atoms with E-state index in [1.54, 1.807) is 18.2 Å². The second kappa shape index (κ2) is 4.83. The molecule has 2 N–H and O–H groups in total. The summed E-state index contributed by atoms with van der Waals surface area (Å²) in [5, 5.41) is 8.84. The third kappa shape index (κ3) is 2.90. The number of hydrogen-bond donors (Lipinski definition) is 2. The van der Waals surface area contributed by atoms with E-state index < -0.39 is 5.91 Å². The zero-order chi connectivity index (χ0) is 10.6. The Morgan fingerprint density at radius 2 is 2.36 bits per heavy atom. The molecule has 0 heterocycles. The van der Waals surface area contributed by atoms with Crippen molar-refractivity contribution in [3.63, 3.8) is 0 Å². The van der Waals surface area contributed by atoms with Crippen molar-refractivity contribution in [2.75, 3.05) is 6.61 Å². The van der Waals surface area contributed by atoms with Gasteiger partial charge in [-0.1, -0.05) is 11.6 Å². The number of hydroxylamine groups is 1. The second-order valence-electron chi connectivity index (χ2n) is 2.73. The molecule has 14 heavy (non-hydrogen) atoms. The summed E-state index contributed by atoms with van der Waals surface area (Å²) >= 11 is 5.73. The molecule has 0 aliphatic heterocycles. The van der Waals surface area contributed by atoms with Crippen molar-refractivity contribution in [3.05, 3.63) is 28.8 Å². The number of carbonyl (C=O) groups is 1. The molecule has 0 saturated heterocycles. The van der Waals surface area contributed by atoms with Crippen LogP contribution in [-0.4, -0.2) is 17.7 Å². The minimum Gasteiger partial charge on any atom is -0.483 e. The highest BCUT2D eigenvalue weighted by molar-refractivity contribution is 6.30. The number of nitrogens with one attached hydrogen (secondary N) is 1. The summed E-state index contributed by atoms with van der Waals surface area (Å²) in [6.45, 7) is 1.59. The van der Waals surface area contributed by atoms with Gasteiger partial charge in [0.05, 0.1) is 0 Å². The van der Waals surface area contributed by atoms with Crippen molar-refractivity contribution < 1.29 is 14.7 Å². The first-order valence-electron chi connectivity index (χ1n) is 3.95. The van der Waals surface area contributed by atoms with Crippen molar-refractivity contribution in [1.82, 2.24) is 5.48 Å². The van der Waals surface area contributed by atoms with Crippen molar-refractivity contribution in [3.8, 4) is 5.75 Å². The molecule has 0 spiro atoms. The molecule has 0 unspecified atom stereocenters. The molecule has 5 heteroatoms. The predicted octanol–water partition coefficient (Wildman–Crippen LogP) is 1.53. The molecule has 0 atom stereocenters. The summed E-state index contributed by atoms with van der Waals surface area (Å²) in [6.07, 6.45) is 0. The lowest BCUT2D eigenvalue weighted by Gasteiger charge is -2.07. The molecule has 0 aromatic heterocycles. The Labute approximate surface area is 86.4 Å². The van der Waals surface area contributed by atoms with E-state index in [0.717, 1.165) is 5.56 Å². The van der Waals surface area contributed by atoms with Gasteiger partial charge in [-0.15, -0.1) is 0 Å². The fourth-order valence-electron chi connectivity index (χ4n) is 0.950. The fraction of sp³-hybridized carbons (Fsp3) is 0.222. The fourth-order valence-corrected chi connectivity index (χ4v) is 1.18. The summed E-state index contributed by atoms with van der Waals surface area (Å²) in [5.41, 5.74) is 2.31. The van der Waals surface area contributed by atoms with Gasteiger partial charge in [0.1, 0.15) is 5.75 Å². The number of aryl methyl sites for hydroxylation is 1. The molecule has 1 aromatic carbocycles. The topological polar surface area (TPSA) is 58.6 Å². The smallest absolute Gasteiger partial charge is 0.281 e. The Kier molecular flexibility index (Phi) is 3.73. The van der Waals surface area contributed by atoms with Gasteiger partial charge in [0.25, 0.3) is 5.91 Å². The van der Waals surface area contributed by atoms with Gasteiger partial charge in [-0.25, -0.2) is 5.48 Å². The third-order valence-corrected chi connectivity index (χ3v) is 1.86. The Morgan fingerprint density at radius 1 is 1.64 bits per heavy atom. The molecule has 0 radical (unpaired) electrons. The average Bonchev–Trinajstić information content (AvgIpc) is 2.16. The number of rotatable bonds is 3. The number of benzene rings is 1. The zero-order valence-electron chi connectivity index (χ0n) is 7.58. The molecule has 0 aliphatic carbocycles. The van der Waals surface area contributed by atoms with E-state index in [1.165, 1.54) is 5.48 Å². The first-order valence-corrected chi connectivity index (χ1v) is 4.33. The van der Waals surface area contributed by atoms with Crippen LogP contribution in [0.2, 0.25) is 5.02 Å². The lowest BCUT2D eigenvalue weighted by molar-refractivity contribution is -0.131. The van der Waals surface area contributed by atoms with Gasteiger partial charge in [0.15, 0.2) is 6.61 Å². The first-order chi connectivity index (χ1) is 6.63. The maximum absolute atomic E-state index is 10.7. The van der Waals surface area contributed by atoms with Crippen molar-refractivity contribution in [1.29, 1.82) is 0 Å². The van der Waals surface area contributed by atoms with Crippen molar-refractivity contribution >= 4 is 17.5 Å². The van der Waals surface area contributed by atoms with E-state index in [-0.39, 0.29) is 6.61 Å². The van der Waals surface area contributed by atoms with Crippen LogP contribution in [0.15, 0.2) is 18.2 Å². The number of carbonyl (C=O) groups excluding carboxylic acids is 1. The molecule has 4 nitrogen and oxygen atoms in total. The highest BCUT2D eigenvalue weighted by atomic mass is 35.5. The van der Waals surface area contributed by atoms with Crippen LogP contribution in [0.25, 0.3) is 0 Å². The number of hydrogen-bond acceptors (Lipinski definition) is 3. The molecule has 1 aromatic rings. The van der Waals surface area contributed by atoms with Crippen LogP contribution in [0.1, 0.15) is 5.56 Å². The molecule has 0 bridgehead atoms. The largest absolute Gasteiger partial charge is 0.483 e. The second-order valence-corrected chi connectivity index (χ2v) is 3.17. The first kappa shape index (κ1) is 10.8. The summed E-state index contributed by atoms with van der Waals surface area (Å²) in [4.78, 5) is 10.7. The monoisotopic (exact) mass is 215 g/mol. The summed E-state index contributed by atoms with van der Waals surface area (Å²) < 4.78 is 5.11. The maximum atomic E-state index is 10.7. The van der Waals surface area contributed by atoms with Crippen LogP contribution in [0.5, 0.6) is 5.75 Å². The lowest BCUT2D eigenvalue weighted by Crippen LogP contribution is -2.25. The third-order valence-electron chi connectivity index (χ3n) is 1.62. The van der Waals surface area contributed by atoms with E-state index in [1.807, 2.05) is 6.92 Å². The van der Waals surface area contributed by atoms with Gasteiger partial charge in [0, 0.05) is 5.02 Å². The maximum Gasteiger partial charge on any atom is 0.281 e. The standard InChI is InChI=1S/C9H10ClNO3/c1-6-4-7(10)2-3-8(6)14-5-9(12)11-13/h2-4,13H,5H2,1H3,(H,11,12). The van der Waals surface area contributed by atoms with E-state index in [0.29, 0.717) is 10.8 Å². The number of amides is 1. The molecular formula is C9H10ClNO3. The van der Waals surface area contributed by atoms with Crippen LogP contribution in [0, 0.1) is 6.92 Å². The highest BCUT2D eigenvalue weighted by Gasteiger charge is 2.03. The average molecular weight is 216 g/mol. The van der Waals surface area contributed by atoms with Crippen LogP contribution in [0.4, 0.5) is 0 Å². The molecule has 76 valence electrons. The zero-order valence-corrected chi connectivity index (χ0v) is 8.34. The predicted molar refractivity (Wildman–Crippen MR) is 51.6 cm³/mol. The summed E-state index contributed by atoms with van der Waals surface area (Å²) in [6, 6.07) is 5.07. The Morgan fingerprint density at radius 3 is 2.93 bits per heavy atom. The minimum atomic E-state index is -0.598. The van der Waals surface area contributed by atoms with Crippen LogP contribution >= 0.6 is 11.6 Å². The Hall–Kier alpha value is -1.26. The molecular weight excluding hydrogens is 206 g/mol. The number of halogens is 1.